The molecule has 1 N–H and O–H groups in total. The first-order valence-electron chi connectivity index (χ1n) is 12.4. The number of morpholine rings is 1. The van der Waals surface area contributed by atoms with E-state index in [4.69, 9.17) is 14.2 Å². The molecular weight excluding hydrogens is 462 g/mol. The molecule has 36 heavy (non-hydrogen) atoms. The Kier molecular flexibility index (Phi) is 8.56. The van der Waals surface area contributed by atoms with Crippen molar-refractivity contribution < 1.29 is 28.9 Å². The Labute approximate surface area is 211 Å². The second-order valence-corrected chi connectivity index (χ2v) is 8.67. The summed E-state index contributed by atoms with van der Waals surface area (Å²) in [6, 6.07) is 7.88. The molecule has 2 saturated heterocycles. The second-order valence-electron chi connectivity index (χ2n) is 8.67. The molecule has 1 atom stereocenters. The highest BCUT2D eigenvalue weighted by Gasteiger charge is 2.46. The number of aromatic nitrogens is 1. The van der Waals surface area contributed by atoms with Gasteiger partial charge in [0.1, 0.15) is 5.76 Å². The molecule has 9 nitrogen and oxygen atoms in total. The summed E-state index contributed by atoms with van der Waals surface area (Å²) in [5, 5.41) is 11.2. The van der Waals surface area contributed by atoms with Crippen molar-refractivity contribution in [2.24, 2.45) is 0 Å². The van der Waals surface area contributed by atoms with Crippen LogP contribution in [0.2, 0.25) is 0 Å². The van der Waals surface area contributed by atoms with E-state index in [0.717, 1.165) is 19.5 Å². The number of rotatable bonds is 10. The van der Waals surface area contributed by atoms with Gasteiger partial charge in [-0.25, -0.2) is 0 Å². The number of amides is 1. The molecule has 192 valence electrons. The Bertz CT molecular complexity index is 1100. The number of nitrogens with zero attached hydrogens (tertiary/aromatic N) is 3. The number of hydrogen-bond donors (Lipinski definition) is 1. The van der Waals surface area contributed by atoms with Gasteiger partial charge in [-0.1, -0.05) is 13.0 Å². The van der Waals surface area contributed by atoms with Gasteiger partial charge < -0.3 is 24.2 Å². The first-order valence-corrected chi connectivity index (χ1v) is 12.4. The molecule has 9 heteroatoms. The smallest absolute Gasteiger partial charge is 0.295 e. The number of carbonyl (C=O) groups is 2. The number of Topliss-reactive ketones (excluding diaryl/α,β-unsaturated/α-hetero) is 1. The van der Waals surface area contributed by atoms with Crippen molar-refractivity contribution in [3.8, 4) is 11.5 Å². The van der Waals surface area contributed by atoms with E-state index >= 15 is 0 Å². The summed E-state index contributed by atoms with van der Waals surface area (Å²) in [5.74, 6) is -0.430. The molecule has 0 saturated carbocycles. The van der Waals surface area contributed by atoms with Gasteiger partial charge in [0.2, 0.25) is 0 Å². The first kappa shape index (κ1) is 25.7. The molecular formula is C27H33N3O6. The molecule has 1 aromatic carbocycles. The molecule has 1 amide bonds. The fourth-order valence-corrected chi connectivity index (χ4v) is 4.49. The van der Waals surface area contributed by atoms with Crippen LogP contribution < -0.4 is 9.47 Å². The van der Waals surface area contributed by atoms with Crippen molar-refractivity contribution in [2.75, 3.05) is 52.6 Å². The van der Waals surface area contributed by atoms with Gasteiger partial charge in [-0.15, -0.1) is 0 Å². The lowest BCUT2D eigenvalue weighted by Crippen LogP contribution is -2.42. The zero-order valence-electron chi connectivity index (χ0n) is 20.8. The van der Waals surface area contributed by atoms with E-state index in [-0.39, 0.29) is 11.3 Å². The van der Waals surface area contributed by atoms with E-state index in [9.17, 15) is 14.7 Å². The lowest BCUT2D eigenvalue weighted by Gasteiger charge is -2.31. The summed E-state index contributed by atoms with van der Waals surface area (Å²) in [5.41, 5.74) is 1.14. The van der Waals surface area contributed by atoms with Gasteiger partial charge in [0, 0.05) is 44.1 Å². The van der Waals surface area contributed by atoms with Gasteiger partial charge in [0.05, 0.1) is 38.0 Å². The summed E-state index contributed by atoms with van der Waals surface area (Å²) in [6.07, 6.45) is 3.91. The summed E-state index contributed by atoms with van der Waals surface area (Å²) in [6.45, 7) is 8.62. The van der Waals surface area contributed by atoms with Gasteiger partial charge in [-0.2, -0.15) is 0 Å². The van der Waals surface area contributed by atoms with E-state index < -0.39 is 17.7 Å². The molecule has 2 aliphatic rings. The number of aliphatic hydroxyl groups excluding tert-OH is 1. The van der Waals surface area contributed by atoms with Crippen LogP contribution in [0.4, 0.5) is 0 Å². The maximum Gasteiger partial charge on any atom is 0.295 e. The van der Waals surface area contributed by atoms with Crippen molar-refractivity contribution in [3.05, 3.63) is 59.4 Å². The second kappa shape index (κ2) is 12.0. The van der Waals surface area contributed by atoms with Crippen LogP contribution in [0.25, 0.3) is 5.76 Å². The summed E-state index contributed by atoms with van der Waals surface area (Å²) in [7, 11) is 0. The van der Waals surface area contributed by atoms with E-state index in [0.29, 0.717) is 62.1 Å². The first-order chi connectivity index (χ1) is 17.5. The molecule has 2 aliphatic heterocycles. The van der Waals surface area contributed by atoms with E-state index in [1.54, 1.807) is 29.2 Å². The summed E-state index contributed by atoms with van der Waals surface area (Å²) in [4.78, 5) is 34.3. The van der Waals surface area contributed by atoms with Crippen LogP contribution in [0.5, 0.6) is 11.5 Å². The highest BCUT2D eigenvalue weighted by Crippen LogP contribution is 2.42. The number of carbonyl (C=O) groups excluding carboxylic acids is 2. The van der Waals surface area contributed by atoms with Crippen molar-refractivity contribution in [3.63, 3.8) is 0 Å². The minimum absolute atomic E-state index is 0.0536. The molecule has 0 aliphatic carbocycles. The highest BCUT2D eigenvalue weighted by molar-refractivity contribution is 6.46. The molecule has 2 aromatic rings. The number of aliphatic hydroxyl groups is 1. The third-order valence-corrected chi connectivity index (χ3v) is 6.30. The van der Waals surface area contributed by atoms with Crippen LogP contribution in [-0.2, 0) is 14.3 Å². The van der Waals surface area contributed by atoms with Gasteiger partial charge >= 0.3 is 0 Å². The minimum atomic E-state index is -0.765. The van der Waals surface area contributed by atoms with Crippen LogP contribution in [0.15, 0.2) is 48.3 Å². The van der Waals surface area contributed by atoms with Gasteiger partial charge in [-0.05, 0) is 43.2 Å². The standard InChI is InChI=1S/C27H33N3O6/c1-3-15-36-21-6-5-20(18-22(21)35-4-2)24-23(25(31)19-7-9-28-10-8-19)26(32)27(33)30(24)12-11-29-13-16-34-17-14-29/h5-10,18,24,31H,3-4,11-17H2,1-2H3. The zero-order chi connectivity index (χ0) is 25.5. The Hall–Kier alpha value is -3.43. The number of hydrogen-bond acceptors (Lipinski definition) is 8. The van der Waals surface area contributed by atoms with E-state index in [2.05, 4.69) is 9.88 Å². The molecule has 1 unspecified atom stereocenters. The monoisotopic (exact) mass is 495 g/mol. The van der Waals surface area contributed by atoms with E-state index in [1.165, 1.54) is 12.4 Å². The SMILES string of the molecule is CCCOc1ccc(C2C(=C(O)c3ccncc3)C(=O)C(=O)N2CCN2CCOCC2)cc1OCC. The predicted octanol–water partition coefficient (Wildman–Crippen LogP) is 3.02. The fraction of sp³-hybridized carbons (Fsp3) is 0.444. The Balaban J connectivity index is 1.75. The molecule has 3 heterocycles. The zero-order valence-corrected chi connectivity index (χ0v) is 20.8. The predicted molar refractivity (Wildman–Crippen MR) is 134 cm³/mol. The van der Waals surface area contributed by atoms with Crippen LogP contribution in [0.3, 0.4) is 0 Å². The average Bonchev–Trinajstić information content (AvgIpc) is 3.17. The molecule has 0 radical (unpaired) electrons. The molecule has 2 fully saturated rings. The quantitative estimate of drug-likeness (QED) is 0.305. The van der Waals surface area contributed by atoms with Crippen molar-refractivity contribution in [1.82, 2.24) is 14.8 Å². The average molecular weight is 496 g/mol. The topological polar surface area (TPSA) is 101 Å². The maximum atomic E-state index is 13.3. The largest absolute Gasteiger partial charge is 0.507 e. The molecule has 0 bridgehead atoms. The highest BCUT2D eigenvalue weighted by atomic mass is 16.5. The number of likely N-dealkylation sites (tertiary alicyclic amines) is 1. The Morgan fingerprint density at radius 3 is 2.50 bits per heavy atom. The molecule has 1 aromatic heterocycles. The summed E-state index contributed by atoms with van der Waals surface area (Å²) >= 11 is 0. The van der Waals surface area contributed by atoms with Gasteiger partial charge in [-0.3, -0.25) is 19.5 Å². The maximum absolute atomic E-state index is 13.3. The Morgan fingerprint density at radius 2 is 1.81 bits per heavy atom. The third kappa shape index (κ3) is 5.52. The van der Waals surface area contributed by atoms with Gasteiger partial charge in [0.25, 0.3) is 11.7 Å². The number of benzene rings is 1. The molecule has 4 rings (SSSR count). The van der Waals surface area contributed by atoms with Crippen LogP contribution in [0.1, 0.15) is 37.4 Å². The van der Waals surface area contributed by atoms with Crippen molar-refractivity contribution >= 4 is 17.4 Å². The van der Waals surface area contributed by atoms with Crippen LogP contribution >= 0.6 is 0 Å². The van der Waals surface area contributed by atoms with E-state index in [1.807, 2.05) is 19.9 Å². The number of ether oxygens (including phenoxy) is 3. The lowest BCUT2D eigenvalue weighted by atomic mass is 9.95. The van der Waals surface area contributed by atoms with Gasteiger partial charge in [0.15, 0.2) is 11.5 Å². The van der Waals surface area contributed by atoms with Crippen molar-refractivity contribution in [2.45, 2.75) is 26.3 Å². The molecule has 0 spiro atoms. The normalized spacial score (nSPS) is 20.1. The van der Waals surface area contributed by atoms with Crippen molar-refractivity contribution in [1.29, 1.82) is 0 Å². The summed E-state index contributed by atoms with van der Waals surface area (Å²) < 4.78 is 17.1. The Morgan fingerprint density at radius 1 is 1.06 bits per heavy atom. The van der Waals surface area contributed by atoms with Crippen LogP contribution in [-0.4, -0.2) is 84.2 Å². The lowest BCUT2D eigenvalue weighted by molar-refractivity contribution is -0.140. The minimum Gasteiger partial charge on any atom is -0.507 e. The number of ketones is 1. The van der Waals surface area contributed by atoms with Crippen LogP contribution in [0, 0.1) is 0 Å². The fourth-order valence-electron chi connectivity index (χ4n) is 4.49. The third-order valence-electron chi connectivity index (χ3n) is 6.30. The number of pyridine rings is 1.